The molecule has 1 aliphatic rings. The van der Waals surface area contributed by atoms with Crippen molar-refractivity contribution in [1.82, 2.24) is 10.6 Å². The van der Waals surface area contributed by atoms with Crippen molar-refractivity contribution in [3.05, 3.63) is 74.4 Å². The number of anilines is 1. The van der Waals surface area contributed by atoms with Gasteiger partial charge in [0.05, 0.1) is 11.6 Å². The van der Waals surface area contributed by atoms with Crippen molar-refractivity contribution in [2.75, 3.05) is 5.32 Å². The lowest BCUT2D eigenvalue weighted by molar-refractivity contribution is -0.113. The molecule has 2 aromatic carbocycles. The van der Waals surface area contributed by atoms with Crippen LogP contribution in [0.5, 0.6) is 0 Å². The van der Waals surface area contributed by atoms with Gasteiger partial charge in [-0.2, -0.15) is 0 Å². The molecule has 4 nitrogen and oxygen atoms in total. The Balaban J connectivity index is 1.98. The predicted molar refractivity (Wildman–Crippen MR) is 115 cm³/mol. The van der Waals surface area contributed by atoms with E-state index in [-0.39, 0.29) is 5.91 Å². The first-order valence-electron chi connectivity index (χ1n) is 8.38. The van der Waals surface area contributed by atoms with Gasteiger partial charge >= 0.3 is 0 Å². The van der Waals surface area contributed by atoms with E-state index in [4.69, 9.17) is 35.4 Å². The second kappa shape index (κ2) is 7.89. The van der Waals surface area contributed by atoms with Crippen molar-refractivity contribution >= 4 is 52.1 Å². The summed E-state index contributed by atoms with van der Waals surface area (Å²) in [7, 11) is 0. The maximum atomic E-state index is 13.1. The minimum Gasteiger partial charge on any atom is -0.351 e. The second-order valence-corrected chi connectivity index (χ2v) is 7.74. The molecule has 1 aliphatic heterocycles. The lowest BCUT2D eigenvalue weighted by Gasteiger charge is -2.31. The van der Waals surface area contributed by atoms with Gasteiger partial charge in [0, 0.05) is 21.4 Å². The molecule has 0 bridgehead atoms. The SMILES string of the molecule is CC1=C(C(=O)Nc2ccc(C)c(C)c2)C(c2ccc(Cl)cc2Cl)NC(=S)N1. The smallest absolute Gasteiger partial charge is 0.255 e. The molecule has 1 heterocycles. The zero-order chi connectivity index (χ0) is 19.7. The Bertz CT molecular complexity index is 972. The molecular weight excluding hydrogens is 401 g/mol. The fourth-order valence-electron chi connectivity index (χ4n) is 2.98. The topological polar surface area (TPSA) is 53.2 Å². The monoisotopic (exact) mass is 419 g/mol. The fraction of sp³-hybridized carbons (Fsp3) is 0.200. The largest absolute Gasteiger partial charge is 0.351 e. The zero-order valence-electron chi connectivity index (χ0n) is 15.1. The van der Waals surface area contributed by atoms with Crippen LogP contribution < -0.4 is 16.0 Å². The number of halogens is 2. The molecule has 0 saturated carbocycles. The summed E-state index contributed by atoms with van der Waals surface area (Å²) in [6, 6.07) is 10.5. The van der Waals surface area contributed by atoms with E-state index >= 15 is 0 Å². The van der Waals surface area contributed by atoms with Crippen LogP contribution in [0, 0.1) is 13.8 Å². The molecule has 27 heavy (non-hydrogen) atoms. The van der Waals surface area contributed by atoms with Gasteiger partial charge in [-0.25, -0.2) is 0 Å². The minimum atomic E-state index is -0.477. The number of amides is 1. The van der Waals surface area contributed by atoms with Gasteiger partial charge in [-0.1, -0.05) is 35.3 Å². The molecule has 0 saturated heterocycles. The van der Waals surface area contributed by atoms with Crippen molar-refractivity contribution in [2.24, 2.45) is 0 Å². The molecule has 0 aromatic heterocycles. The van der Waals surface area contributed by atoms with Gasteiger partial charge in [0.15, 0.2) is 5.11 Å². The van der Waals surface area contributed by atoms with E-state index < -0.39 is 6.04 Å². The average molecular weight is 420 g/mol. The predicted octanol–water partition coefficient (Wildman–Crippen LogP) is 5.04. The Morgan fingerprint density at radius 2 is 1.81 bits per heavy atom. The van der Waals surface area contributed by atoms with E-state index in [0.717, 1.165) is 16.8 Å². The molecule has 0 radical (unpaired) electrons. The number of nitrogens with one attached hydrogen (secondary N) is 3. The number of thiocarbonyl (C=S) groups is 1. The highest BCUT2D eigenvalue weighted by Gasteiger charge is 2.31. The third-order valence-corrected chi connectivity index (χ3v) is 5.33. The van der Waals surface area contributed by atoms with Crippen LogP contribution in [0.25, 0.3) is 0 Å². The number of carbonyl (C=O) groups excluding carboxylic acids is 1. The van der Waals surface area contributed by atoms with Crippen LogP contribution in [-0.4, -0.2) is 11.0 Å². The third kappa shape index (κ3) is 4.26. The quantitative estimate of drug-likeness (QED) is 0.609. The highest BCUT2D eigenvalue weighted by atomic mass is 35.5. The van der Waals surface area contributed by atoms with E-state index in [0.29, 0.717) is 26.4 Å². The average Bonchev–Trinajstić information content (AvgIpc) is 2.57. The van der Waals surface area contributed by atoms with Gasteiger partial charge in [0.1, 0.15) is 0 Å². The normalized spacial score (nSPS) is 16.6. The standard InChI is InChI=1S/C20H19Cl2N3OS/c1-10-4-6-14(8-11(10)2)24-19(26)17-12(3)23-20(27)25-18(17)15-7-5-13(21)9-16(15)22/h4-9,18H,1-3H3,(H,24,26)(H2,23,25,27). The number of allylic oxidation sites excluding steroid dienone is 1. The molecule has 3 rings (SSSR count). The van der Waals surface area contributed by atoms with E-state index in [2.05, 4.69) is 16.0 Å². The molecule has 0 fully saturated rings. The number of carbonyl (C=O) groups is 1. The Morgan fingerprint density at radius 1 is 1.07 bits per heavy atom. The summed E-state index contributed by atoms with van der Waals surface area (Å²) in [6.45, 7) is 5.86. The minimum absolute atomic E-state index is 0.228. The van der Waals surface area contributed by atoms with Gasteiger partial charge in [-0.05, 0) is 73.9 Å². The number of hydrogen-bond donors (Lipinski definition) is 3. The molecule has 7 heteroatoms. The summed E-state index contributed by atoms with van der Waals surface area (Å²) in [6.07, 6.45) is 0. The maximum Gasteiger partial charge on any atom is 0.255 e. The summed E-state index contributed by atoms with van der Waals surface area (Å²) in [5.41, 5.74) is 4.94. The van der Waals surface area contributed by atoms with Gasteiger partial charge in [-0.3, -0.25) is 4.79 Å². The van der Waals surface area contributed by atoms with Crippen LogP contribution in [0.15, 0.2) is 47.7 Å². The van der Waals surface area contributed by atoms with Gasteiger partial charge in [0.2, 0.25) is 0 Å². The second-order valence-electron chi connectivity index (χ2n) is 6.49. The van der Waals surface area contributed by atoms with Gasteiger partial charge in [0.25, 0.3) is 5.91 Å². The van der Waals surface area contributed by atoms with Crippen LogP contribution in [0.1, 0.15) is 29.7 Å². The van der Waals surface area contributed by atoms with Crippen LogP contribution in [0.2, 0.25) is 10.0 Å². The Morgan fingerprint density at radius 3 is 2.48 bits per heavy atom. The fourth-order valence-corrected chi connectivity index (χ4v) is 3.77. The Kier molecular flexibility index (Phi) is 5.75. The lowest BCUT2D eigenvalue weighted by Crippen LogP contribution is -2.45. The number of rotatable bonds is 3. The molecule has 1 unspecified atom stereocenters. The first-order chi connectivity index (χ1) is 12.8. The number of benzene rings is 2. The van der Waals surface area contributed by atoms with Crippen LogP contribution >= 0.6 is 35.4 Å². The van der Waals surface area contributed by atoms with Crippen molar-refractivity contribution in [1.29, 1.82) is 0 Å². The summed E-state index contributed by atoms with van der Waals surface area (Å²) in [5, 5.41) is 10.6. The summed E-state index contributed by atoms with van der Waals surface area (Å²) in [5.74, 6) is -0.228. The molecule has 3 N–H and O–H groups in total. The van der Waals surface area contributed by atoms with E-state index in [1.165, 1.54) is 5.56 Å². The van der Waals surface area contributed by atoms with E-state index in [1.54, 1.807) is 18.2 Å². The highest BCUT2D eigenvalue weighted by molar-refractivity contribution is 7.80. The zero-order valence-corrected chi connectivity index (χ0v) is 17.4. The lowest BCUT2D eigenvalue weighted by atomic mass is 9.94. The first kappa shape index (κ1) is 19.7. The molecule has 0 aliphatic carbocycles. The van der Waals surface area contributed by atoms with Gasteiger partial charge < -0.3 is 16.0 Å². The first-order valence-corrected chi connectivity index (χ1v) is 9.54. The molecule has 1 atom stereocenters. The van der Waals surface area contributed by atoms with Crippen LogP contribution in [-0.2, 0) is 4.79 Å². The van der Waals surface area contributed by atoms with Crippen molar-refractivity contribution in [3.8, 4) is 0 Å². The third-order valence-electron chi connectivity index (χ3n) is 4.55. The van der Waals surface area contributed by atoms with E-state index in [9.17, 15) is 4.79 Å². The van der Waals surface area contributed by atoms with Crippen LogP contribution in [0.3, 0.4) is 0 Å². The number of hydrogen-bond acceptors (Lipinski definition) is 2. The van der Waals surface area contributed by atoms with Crippen molar-refractivity contribution in [3.63, 3.8) is 0 Å². The highest BCUT2D eigenvalue weighted by Crippen LogP contribution is 2.33. The summed E-state index contributed by atoms with van der Waals surface area (Å²) < 4.78 is 0. The molecule has 1 amide bonds. The Labute approximate surface area is 173 Å². The summed E-state index contributed by atoms with van der Waals surface area (Å²) >= 11 is 17.7. The maximum absolute atomic E-state index is 13.1. The molecule has 140 valence electrons. The number of aryl methyl sites for hydroxylation is 2. The Hall–Kier alpha value is -2.08. The molecular formula is C20H19Cl2N3OS. The van der Waals surface area contributed by atoms with Gasteiger partial charge in [-0.15, -0.1) is 0 Å². The summed E-state index contributed by atoms with van der Waals surface area (Å²) in [4.78, 5) is 13.1. The molecule has 2 aromatic rings. The van der Waals surface area contributed by atoms with Crippen molar-refractivity contribution < 1.29 is 4.79 Å². The van der Waals surface area contributed by atoms with Crippen molar-refractivity contribution in [2.45, 2.75) is 26.8 Å². The van der Waals surface area contributed by atoms with E-state index in [1.807, 2.05) is 39.0 Å². The molecule has 0 spiro atoms. The van der Waals surface area contributed by atoms with Crippen LogP contribution in [0.4, 0.5) is 5.69 Å².